The second-order valence-electron chi connectivity index (χ2n) is 7.44. The van der Waals surface area contributed by atoms with Gasteiger partial charge in [-0.3, -0.25) is 9.89 Å². The molecule has 0 fully saturated rings. The minimum absolute atomic E-state index is 0.0573. The predicted octanol–water partition coefficient (Wildman–Crippen LogP) is 3.75. The largest absolute Gasteiger partial charge is 0.433 e. The molecule has 1 aromatic carbocycles. The molecule has 1 atom stereocenters. The Labute approximate surface area is 172 Å². The van der Waals surface area contributed by atoms with Crippen LogP contribution in [0.15, 0.2) is 36.5 Å². The van der Waals surface area contributed by atoms with Gasteiger partial charge in [-0.25, -0.2) is 9.97 Å². The van der Waals surface area contributed by atoms with Gasteiger partial charge in [0.05, 0.1) is 23.6 Å². The van der Waals surface area contributed by atoms with Crippen LogP contribution in [-0.4, -0.2) is 43.1 Å². The van der Waals surface area contributed by atoms with Crippen LogP contribution >= 0.6 is 0 Å². The predicted molar refractivity (Wildman–Crippen MR) is 105 cm³/mol. The number of nitrogens with one attached hydrogen (secondary N) is 1. The van der Waals surface area contributed by atoms with Crippen LogP contribution < -0.4 is 4.74 Å². The highest BCUT2D eigenvalue weighted by Gasteiger charge is 2.32. The molecule has 1 aliphatic rings. The van der Waals surface area contributed by atoms with E-state index in [9.17, 15) is 13.6 Å². The number of fused-ring (bicyclic) bond motifs is 1. The van der Waals surface area contributed by atoms with Gasteiger partial charge in [-0.2, -0.15) is 13.9 Å². The molecule has 0 saturated carbocycles. The fraction of sp³-hybridized carbons (Fsp3) is 0.333. The smallest absolute Gasteiger partial charge is 0.394 e. The van der Waals surface area contributed by atoms with E-state index in [0.717, 1.165) is 22.6 Å². The van der Waals surface area contributed by atoms with Crippen molar-refractivity contribution in [2.75, 3.05) is 0 Å². The highest BCUT2D eigenvalue weighted by molar-refractivity contribution is 5.95. The maximum Gasteiger partial charge on any atom is 0.394 e. The highest BCUT2D eigenvalue weighted by atomic mass is 19.3. The van der Waals surface area contributed by atoms with E-state index in [0.29, 0.717) is 25.7 Å². The number of H-pyrrole nitrogens is 1. The van der Waals surface area contributed by atoms with E-state index in [2.05, 4.69) is 24.9 Å². The molecule has 0 unspecified atom stereocenters. The van der Waals surface area contributed by atoms with Crippen molar-refractivity contribution in [2.45, 2.75) is 45.9 Å². The van der Waals surface area contributed by atoms with Gasteiger partial charge in [-0.1, -0.05) is 6.07 Å². The first-order valence-electron chi connectivity index (χ1n) is 9.55. The molecular formula is C21H21F2N5O2. The summed E-state index contributed by atoms with van der Waals surface area (Å²) in [4.78, 5) is 24.0. The second-order valence-corrected chi connectivity index (χ2v) is 7.44. The van der Waals surface area contributed by atoms with E-state index in [1.54, 1.807) is 24.1 Å². The standard InChI is InChI=1S/C21H21F2N5O2/c1-12-9-16-18(25-13(2)26-19(16)17-7-8-24-27-17)11-28(12)20(29)14-5-4-6-15(10-14)30-21(3,22)23/h4-8,10,12H,9,11H2,1-3H3,(H,24,27)/t12-/m0/s1. The minimum Gasteiger partial charge on any atom is -0.433 e. The number of halogens is 2. The fourth-order valence-electron chi connectivity index (χ4n) is 3.67. The molecule has 1 N–H and O–H groups in total. The average molecular weight is 413 g/mol. The molecule has 9 heteroatoms. The molecule has 1 amide bonds. The van der Waals surface area contributed by atoms with Crippen molar-refractivity contribution in [1.29, 1.82) is 0 Å². The molecule has 4 rings (SSSR count). The number of aromatic nitrogens is 4. The van der Waals surface area contributed by atoms with Crippen LogP contribution in [0.3, 0.4) is 0 Å². The Morgan fingerprint density at radius 3 is 2.80 bits per heavy atom. The summed E-state index contributed by atoms with van der Waals surface area (Å²) in [6, 6.07) is 7.57. The zero-order valence-electron chi connectivity index (χ0n) is 16.8. The van der Waals surface area contributed by atoms with Gasteiger partial charge in [0.15, 0.2) is 0 Å². The number of hydrogen-bond donors (Lipinski definition) is 1. The molecule has 156 valence electrons. The Morgan fingerprint density at radius 2 is 2.10 bits per heavy atom. The Morgan fingerprint density at radius 1 is 1.30 bits per heavy atom. The number of carbonyl (C=O) groups is 1. The van der Waals surface area contributed by atoms with E-state index in [-0.39, 0.29) is 23.3 Å². The SMILES string of the molecule is Cc1nc2c(c(-c3ccn[nH]3)n1)C[C@H](C)N(C(=O)c1cccc(OC(C)(F)F)c1)C2. The van der Waals surface area contributed by atoms with E-state index in [4.69, 9.17) is 0 Å². The number of rotatable bonds is 4. The van der Waals surface area contributed by atoms with Gasteiger partial charge in [-0.15, -0.1) is 0 Å². The molecule has 3 heterocycles. The fourth-order valence-corrected chi connectivity index (χ4v) is 3.67. The first-order valence-corrected chi connectivity index (χ1v) is 9.55. The summed E-state index contributed by atoms with van der Waals surface area (Å²) in [5.74, 6) is 0.274. The summed E-state index contributed by atoms with van der Waals surface area (Å²) in [6.45, 7) is 4.70. The monoisotopic (exact) mass is 413 g/mol. The van der Waals surface area contributed by atoms with Crippen molar-refractivity contribution in [1.82, 2.24) is 25.1 Å². The lowest BCUT2D eigenvalue weighted by molar-refractivity contribution is -0.158. The van der Waals surface area contributed by atoms with Gasteiger partial charge in [0, 0.05) is 30.3 Å². The van der Waals surface area contributed by atoms with Crippen molar-refractivity contribution < 1.29 is 18.3 Å². The molecule has 0 radical (unpaired) electrons. The van der Waals surface area contributed by atoms with Gasteiger partial charge in [0.25, 0.3) is 5.91 Å². The highest BCUT2D eigenvalue weighted by Crippen LogP contribution is 2.31. The van der Waals surface area contributed by atoms with Gasteiger partial charge in [0.2, 0.25) is 0 Å². The molecule has 2 aromatic heterocycles. The summed E-state index contributed by atoms with van der Waals surface area (Å²) in [5, 5.41) is 6.93. The summed E-state index contributed by atoms with van der Waals surface area (Å²) >= 11 is 0. The molecule has 0 saturated heterocycles. The Balaban J connectivity index is 1.64. The topological polar surface area (TPSA) is 84.0 Å². The Bertz CT molecular complexity index is 1080. The first-order chi connectivity index (χ1) is 14.2. The second kappa shape index (κ2) is 7.47. The number of amides is 1. The van der Waals surface area contributed by atoms with Gasteiger partial charge >= 0.3 is 6.11 Å². The summed E-state index contributed by atoms with van der Waals surface area (Å²) in [6.07, 6.45) is -1.09. The number of aryl methyl sites for hydroxylation is 1. The molecule has 0 aliphatic carbocycles. The lowest BCUT2D eigenvalue weighted by Gasteiger charge is -2.35. The molecule has 0 bridgehead atoms. The minimum atomic E-state index is -3.32. The van der Waals surface area contributed by atoms with Crippen LogP contribution in [0.1, 0.15) is 41.3 Å². The van der Waals surface area contributed by atoms with Crippen LogP contribution in [0.25, 0.3) is 11.4 Å². The summed E-state index contributed by atoms with van der Waals surface area (Å²) < 4.78 is 31.0. The molecule has 7 nitrogen and oxygen atoms in total. The van der Waals surface area contributed by atoms with Crippen molar-refractivity contribution in [3.05, 3.63) is 59.2 Å². The van der Waals surface area contributed by atoms with E-state index < -0.39 is 6.11 Å². The third-order valence-corrected chi connectivity index (χ3v) is 4.95. The number of aromatic amines is 1. The van der Waals surface area contributed by atoms with E-state index in [1.165, 1.54) is 18.2 Å². The Hall–Kier alpha value is -3.36. The molecule has 30 heavy (non-hydrogen) atoms. The van der Waals surface area contributed by atoms with Crippen LogP contribution in [0.4, 0.5) is 8.78 Å². The third kappa shape index (κ3) is 4.00. The van der Waals surface area contributed by atoms with Crippen LogP contribution in [0.2, 0.25) is 0 Å². The van der Waals surface area contributed by atoms with Crippen molar-refractivity contribution >= 4 is 5.91 Å². The molecular weight excluding hydrogens is 392 g/mol. The molecule has 1 aliphatic heterocycles. The number of nitrogens with zero attached hydrogens (tertiary/aromatic N) is 4. The number of carbonyl (C=O) groups excluding carboxylic acids is 1. The van der Waals surface area contributed by atoms with Gasteiger partial charge in [-0.05, 0) is 44.5 Å². The number of benzene rings is 1. The normalized spacial score (nSPS) is 16.3. The van der Waals surface area contributed by atoms with Gasteiger partial charge in [0.1, 0.15) is 11.6 Å². The molecule has 0 spiro atoms. The third-order valence-electron chi connectivity index (χ3n) is 4.95. The summed E-state index contributed by atoms with van der Waals surface area (Å²) in [5.41, 5.74) is 3.62. The maximum absolute atomic E-state index is 13.2. The van der Waals surface area contributed by atoms with Crippen LogP contribution in [0.5, 0.6) is 5.75 Å². The lowest BCUT2D eigenvalue weighted by Crippen LogP contribution is -2.43. The number of alkyl halides is 2. The van der Waals surface area contributed by atoms with Crippen molar-refractivity contribution in [3.63, 3.8) is 0 Å². The maximum atomic E-state index is 13.2. The average Bonchev–Trinajstić information content (AvgIpc) is 3.20. The summed E-state index contributed by atoms with van der Waals surface area (Å²) in [7, 11) is 0. The quantitative estimate of drug-likeness (QED) is 0.704. The van der Waals surface area contributed by atoms with E-state index in [1.807, 2.05) is 13.0 Å². The zero-order valence-corrected chi connectivity index (χ0v) is 16.8. The van der Waals surface area contributed by atoms with Crippen molar-refractivity contribution in [2.24, 2.45) is 0 Å². The van der Waals surface area contributed by atoms with E-state index >= 15 is 0 Å². The lowest BCUT2D eigenvalue weighted by atomic mass is 9.95. The van der Waals surface area contributed by atoms with Gasteiger partial charge < -0.3 is 9.64 Å². The van der Waals surface area contributed by atoms with Crippen LogP contribution in [-0.2, 0) is 13.0 Å². The number of hydrogen-bond acceptors (Lipinski definition) is 5. The number of ether oxygens (including phenoxy) is 1. The van der Waals surface area contributed by atoms with Crippen LogP contribution in [0, 0.1) is 6.92 Å². The Kier molecular flexibility index (Phi) is 4.97. The van der Waals surface area contributed by atoms with Crippen molar-refractivity contribution in [3.8, 4) is 17.1 Å². The molecule has 3 aromatic rings. The first kappa shape index (κ1) is 19.9. The zero-order chi connectivity index (χ0) is 21.5.